The Morgan fingerprint density at radius 3 is 1.85 bits per heavy atom. The van der Waals surface area contributed by atoms with Gasteiger partial charge in [0.2, 0.25) is 5.91 Å². The Morgan fingerprint density at radius 1 is 0.850 bits per heavy atom. The van der Waals surface area contributed by atoms with E-state index in [2.05, 4.69) is 19.2 Å². The van der Waals surface area contributed by atoms with Gasteiger partial charge in [-0.05, 0) is 12.8 Å². The number of carbonyl (C=O) groups is 1. The van der Waals surface area contributed by atoms with E-state index in [-0.39, 0.29) is 19.1 Å². The number of amides is 1. The van der Waals surface area contributed by atoms with Crippen LogP contribution in [-0.2, 0) is 18.4 Å². The highest BCUT2D eigenvalue weighted by atomic mass is 31.2. The number of carbonyl (C=O) groups excluding carboxylic acids is 1. The van der Waals surface area contributed by atoms with Crippen LogP contribution in [-0.4, -0.2) is 68.5 Å². The number of allylic oxidation sites excluding steroid dienone is 1. The number of aliphatic hydroxyl groups is 1. The Kier molecular flexibility index (Phi) is 24.3. The van der Waals surface area contributed by atoms with Crippen molar-refractivity contribution < 1.29 is 32.9 Å². The van der Waals surface area contributed by atoms with Gasteiger partial charge < -0.3 is 28.8 Å². The lowest BCUT2D eigenvalue weighted by molar-refractivity contribution is -0.870. The number of aliphatic hydroxyl groups excluding tert-OH is 1. The van der Waals surface area contributed by atoms with Crippen molar-refractivity contribution in [1.29, 1.82) is 0 Å². The number of phosphoric ester groups is 1. The summed E-state index contributed by atoms with van der Waals surface area (Å²) in [5.74, 6) is -0.208. The van der Waals surface area contributed by atoms with Gasteiger partial charge in [-0.2, -0.15) is 0 Å². The van der Waals surface area contributed by atoms with Crippen molar-refractivity contribution in [1.82, 2.24) is 5.32 Å². The van der Waals surface area contributed by atoms with E-state index in [9.17, 15) is 19.4 Å². The van der Waals surface area contributed by atoms with Crippen molar-refractivity contribution in [3.8, 4) is 0 Å². The van der Waals surface area contributed by atoms with Crippen molar-refractivity contribution in [3.05, 3.63) is 12.2 Å². The number of hydrogen-bond donors (Lipinski definition) is 2. The molecule has 0 aliphatic carbocycles. The molecule has 0 aliphatic rings. The maximum Gasteiger partial charge on any atom is 0.268 e. The summed E-state index contributed by atoms with van der Waals surface area (Å²) in [6.45, 7) is 4.46. The number of rotatable bonds is 28. The van der Waals surface area contributed by atoms with Crippen LogP contribution < -0.4 is 10.2 Å². The van der Waals surface area contributed by atoms with Crippen LogP contribution in [0.3, 0.4) is 0 Å². The third kappa shape index (κ3) is 26.2. The summed E-state index contributed by atoms with van der Waals surface area (Å²) in [6, 6.07) is -0.874. The van der Waals surface area contributed by atoms with E-state index in [0.29, 0.717) is 17.4 Å². The highest BCUT2D eigenvalue weighted by Gasteiger charge is 2.23. The van der Waals surface area contributed by atoms with Crippen LogP contribution in [0, 0.1) is 0 Å². The van der Waals surface area contributed by atoms with Crippen LogP contribution in [0.2, 0.25) is 0 Å². The summed E-state index contributed by atoms with van der Waals surface area (Å²) in [7, 11) is 1.25. The number of quaternary nitrogens is 1. The summed E-state index contributed by atoms with van der Waals surface area (Å²) >= 11 is 0. The lowest BCUT2D eigenvalue weighted by Gasteiger charge is -2.29. The average Bonchev–Trinajstić information content (AvgIpc) is 2.88. The third-order valence-electron chi connectivity index (χ3n) is 7.00. The zero-order valence-corrected chi connectivity index (χ0v) is 27.4. The van der Waals surface area contributed by atoms with Gasteiger partial charge in [-0.25, -0.2) is 0 Å². The molecular weight excluding hydrogens is 527 g/mol. The van der Waals surface area contributed by atoms with Gasteiger partial charge in [0.05, 0.1) is 39.9 Å². The van der Waals surface area contributed by atoms with Gasteiger partial charge >= 0.3 is 0 Å². The maximum atomic E-state index is 12.6. The van der Waals surface area contributed by atoms with E-state index in [1.165, 1.54) is 70.6 Å². The molecule has 0 aromatic heterocycles. The molecule has 238 valence electrons. The Balaban J connectivity index is 4.33. The van der Waals surface area contributed by atoms with Crippen LogP contribution in [0.5, 0.6) is 0 Å². The van der Waals surface area contributed by atoms with Gasteiger partial charge in [0.25, 0.3) is 7.82 Å². The minimum absolute atomic E-state index is 0.0000966. The normalized spacial score (nSPS) is 15.3. The molecular formula is C31H63N2O6P. The number of hydrogen-bond acceptors (Lipinski definition) is 6. The van der Waals surface area contributed by atoms with Crippen LogP contribution in [0.25, 0.3) is 0 Å². The SMILES string of the molecule is CCCC/C=C/C(O)C(COP(=O)([O-])OCC[N+](C)(C)C)NC(=O)CCCCCCCCCCCCCCCC. The molecule has 0 aromatic carbocycles. The summed E-state index contributed by atoms with van der Waals surface area (Å²) < 4.78 is 22.8. The highest BCUT2D eigenvalue weighted by molar-refractivity contribution is 7.45. The Morgan fingerprint density at radius 2 is 1.35 bits per heavy atom. The molecule has 40 heavy (non-hydrogen) atoms. The standard InChI is InChI=1S/C31H63N2O6P/c1-6-8-10-12-13-14-15-16-17-18-19-20-21-23-25-31(35)32-29(30(34)24-22-11-9-7-2)28-39-40(36,37)38-27-26-33(3,4)5/h22,24,29-30,34H,6-21,23,25-28H2,1-5H3,(H-,32,35,36,37)/b24-22+. The molecule has 2 N–H and O–H groups in total. The molecule has 0 saturated heterocycles. The molecule has 0 aliphatic heterocycles. The van der Waals surface area contributed by atoms with E-state index in [4.69, 9.17) is 9.05 Å². The Labute approximate surface area is 246 Å². The predicted octanol–water partition coefficient (Wildman–Crippen LogP) is 6.66. The second-order valence-electron chi connectivity index (χ2n) is 12.2. The molecule has 0 spiro atoms. The highest BCUT2D eigenvalue weighted by Crippen LogP contribution is 2.38. The van der Waals surface area contributed by atoms with Crippen LogP contribution in [0.4, 0.5) is 0 Å². The van der Waals surface area contributed by atoms with Gasteiger partial charge in [0, 0.05) is 6.42 Å². The van der Waals surface area contributed by atoms with Gasteiger partial charge in [0.15, 0.2) is 0 Å². The molecule has 0 radical (unpaired) electrons. The number of unbranched alkanes of at least 4 members (excludes halogenated alkanes) is 15. The number of nitrogens with one attached hydrogen (secondary N) is 1. The molecule has 3 atom stereocenters. The average molecular weight is 591 g/mol. The van der Waals surface area contributed by atoms with Crippen molar-refractivity contribution in [3.63, 3.8) is 0 Å². The van der Waals surface area contributed by atoms with E-state index >= 15 is 0 Å². The van der Waals surface area contributed by atoms with Gasteiger partial charge in [-0.1, -0.05) is 122 Å². The van der Waals surface area contributed by atoms with E-state index in [0.717, 1.165) is 38.5 Å². The van der Waals surface area contributed by atoms with Crippen molar-refractivity contribution in [2.75, 3.05) is 40.9 Å². The predicted molar refractivity (Wildman–Crippen MR) is 164 cm³/mol. The molecule has 0 rings (SSSR count). The lowest BCUT2D eigenvalue weighted by Crippen LogP contribution is -2.45. The third-order valence-corrected chi connectivity index (χ3v) is 7.96. The molecule has 8 nitrogen and oxygen atoms in total. The Hall–Kier alpha value is -0.760. The molecule has 1 amide bonds. The first kappa shape index (κ1) is 39.2. The van der Waals surface area contributed by atoms with Crippen LogP contribution in [0.15, 0.2) is 12.2 Å². The fraction of sp³-hybridized carbons (Fsp3) is 0.903. The second-order valence-corrected chi connectivity index (χ2v) is 13.6. The molecule has 0 aromatic rings. The zero-order valence-electron chi connectivity index (χ0n) is 26.5. The second kappa shape index (κ2) is 24.8. The monoisotopic (exact) mass is 590 g/mol. The fourth-order valence-corrected chi connectivity index (χ4v) is 5.03. The number of likely N-dealkylation sites (N-methyl/N-ethyl adjacent to an activating group) is 1. The van der Waals surface area contributed by atoms with Crippen LogP contribution >= 0.6 is 7.82 Å². The number of phosphoric acid groups is 1. The van der Waals surface area contributed by atoms with Gasteiger partial charge in [-0.15, -0.1) is 0 Å². The van der Waals surface area contributed by atoms with Crippen molar-refractivity contribution in [2.45, 2.75) is 142 Å². The van der Waals surface area contributed by atoms with E-state index in [1.54, 1.807) is 6.08 Å². The molecule has 3 unspecified atom stereocenters. The van der Waals surface area contributed by atoms with Crippen molar-refractivity contribution >= 4 is 13.7 Å². The molecule has 9 heteroatoms. The molecule has 0 bridgehead atoms. The first-order chi connectivity index (χ1) is 19.0. The van der Waals surface area contributed by atoms with E-state index in [1.807, 2.05) is 27.2 Å². The topological polar surface area (TPSA) is 108 Å². The smallest absolute Gasteiger partial charge is 0.268 e. The minimum Gasteiger partial charge on any atom is -0.756 e. The van der Waals surface area contributed by atoms with Crippen molar-refractivity contribution in [2.24, 2.45) is 0 Å². The minimum atomic E-state index is -4.55. The van der Waals surface area contributed by atoms with Crippen LogP contribution in [0.1, 0.15) is 129 Å². The maximum absolute atomic E-state index is 12.6. The van der Waals surface area contributed by atoms with Gasteiger partial charge in [0.1, 0.15) is 13.2 Å². The molecule has 0 fully saturated rings. The Bertz CT molecular complexity index is 683. The zero-order chi connectivity index (χ0) is 30.1. The van der Waals surface area contributed by atoms with E-state index < -0.39 is 20.0 Å². The lowest BCUT2D eigenvalue weighted by atomic mass is 10.0. The number of nitrogens with zero attached hydrogens (tertiary/aromatic N) is 1. The first-order valence-electron chi connectivity index (χ1n) is 16.1. The molecule has 0 saturated carbocycles. The summed E-state index contributed by atoms with van der Waals surface area (Å²) in [5.41, 5.74) is 0. The molecule has 0 heterocycles. The summed E-state index contributed by atoms with van der Waals surface area (Å²) in [5, 5.41) is 13.4. The van der Waals surface area contributed by atoms with Gasteiger partial charge in [-0.3, -0.25) is 9.36 Å². The summed E-state index contributed by atoms with van der Waals surface area (Å²) in [4.78, 5) is 24.8. The summed E-state index contributed by atoms with van der Waals surface area (Å²) in [6.07, 6.45) is 23.1. The largest absolute Gasteiger partial charge is 0.756 e. The fourth-order valence-electron chi connectivity index (χ4n) is 4.31. The first-order valence-corrected chi connectivity index (χ1v) is 17.5. The quantitative estimate of drug-likeness (QED) is 0.0457.